The third-order valence-electron chi connectivity index (χ3n) is 4.15. The standard InChI is InChI=1S/C16H16O8/c17-10-3-1-8(5-11(10)18)2-4-13(20)24-14-12(19)6-9-7-16(14,22)15(21)23-9/h1-5,9,12,14,17-19,22H,6-7H2. The van der Waals surface area contributed by atoms with Crippen LogP contribution in [0, 0.1) is 0 Å². The van der Waals surface area contributed by atoms with Gasteiger partial charge in [-0.2, -0.15) is 0 Å². The van der Waals surface area contributed by atoms with Crippen molar-refractivity contribution in [3.63, 3.8) is 0 Å². The van der Waals surface area contributed by atoms with Crippen LogP contribution >= 0.6 is 0 Å². The number of hydrogen-bond acceptors (Lipinski definition) is 8. The summed E-state index contributed by atoms with van der Waals surface area (Å²) in [5.41, 5.74) is -1.62. The number of fused-ring (bicyclic) bond motifs is 2. The van der Waals surface area contributed by atoms with Gasteiger partial charge in [0.2, 0.25) is 5.60 Å². The van der Waals surface area contributed by atoms with Gasteiger partial charge in [-0.3, -0.25) is 0 Å². The Morgan fingerprint density at radius 3 is 2.79 bits per heavy atom. The van der Waals surface area contributed by atoms with E-state index in [9.17, 15) is 30.0 Å². The van der Waals surface area contributed by atoms with Crippen molar-refractivity contribution in [2.45, 2.75) is 36.8 Å². The van der Waals surface area contributed by atoms with Crippen LogP contribution in [0.2, 0.25) is 0 Å². The summed E-state index contributed by atoms with van der Waals surface area (Å²) < 4.78 is 9.96. The van der Waals surface area contributed by atoms with Gasteiger partial charge >= 0.3 is 11.9 Å². The molecule has 0 spiro atoms. The smallest absolute Gasteiger partial charge is 0.342 e. The third-order valence-corrected chi connectivity index (χ3v) is 4.15. The van der Waals surface area contributed by atoms with Crippen LogP contribution in [0.1, 0.15) is 18.4 Å². The van der Waals surface area contributed by atoms with Crippen LogP contribution in [0.3, 0.4) is 0 Å². The van der Waals surface area contributed by atoms with Crippen molar-refractivity contribution >= 4 is 18.0 Å². The number of ether oxygens (including phenoxy) is 2. The van der Waals surface area contributed by atoms with Gasteiger partial charge in [0, 0.05) is 18.9 Å². The Balaban J connectivity index is 1.70. The highest BCUT2D eigenvalue weighted by Crippen LogP contribution is 2.39. The molecule has 1 heterocycles. The lowest BCUT2D eigenvalue weighted by atomic mass is 9.81. The second-order valence-electron chi connectivity index (χ2n) is 5.90. The minimum Gasteiger partial charge on any atom is -0.504 e. The molecule has 2 aliphatic rings. The van der Waals surface area contributed by atoms with Crippen molar-refractivity contribution in [2.24, 2.45) is 0 Å². The zero-order valence-corrected chi connectivity index (χ0v) is 12.5. The minimum atomic E-state index is -2.04. The molecule has 1 saturated heterocycles. The quantitative estimate of drug-likeness (QED) is 0.340. The number of carbonyl (C=O) groups is 2. The second-order valence-corrected chi connectivity index (χ2v) is 5.90. The maximum absolute atomic E-state index is 11.9. The molecule has 8 nitrogen and oxygen atoms in total. The number of benzene rings is 1. The Labute approximate surface area is 136 Å². The molecule has 24 heavy (non-hydrogen) atoms. The molecule has 4 unspecified atom stereocenters. The number of esters is 2. The van der Waals surface area contributed by atoms with Crippen LogP contribution in [-0.2, 0) is 19.1 Å². The highest BCUT2D eigenvalue weighted by Gasteiger charge is 2.61. The predicted molar refractivity (Wildman–Crippen MR) is 78.8 cm³/mol. The fraction of sp³-hybridized carbons (Fsp3) is 0.375. The van der Waals surface area contributed by atoms with Crippen molar-refractivity contribution in [1.82, 2.24) is 0 Å². The number of phenols is 2. The van der Waals surface area contributed by atoms with Gasteiger partial charge in [0.05, 0.1) is 6.10 Å². The Kier molecular flexibility index (Phi) is 3.94. The molecule has 0 aromatic heterocycles. The van der Waals surface area contributed by atoms with Crippen LogP contribution in [0.5, 0.6) is 11.5 Å². The SMILES string of the molecule is O=C(C=Cc1ccc(O)c(O)c1)OC1C(O)CC2CC1(O)C(=O)O2. The molecule has 0 radical (unpaired) electrons. The molecule has 1 aliphatic carbocycles. The van der Waals surface area contributed by atoms with E-state index in [0.29, 0.717) is 5.56 Å². The van der Waals surface area contributed by atoms with Crippen molar-refractivity contribution in [1.29, 1.82) is 0 Å². The normalized spacial score (nSPS) is 31.9. The molecule has 1 aliphatic heterocycles. The first-order chi connectivity index (χ1) is 11.3. The topological polar surface area (TPSA) is 134 Å². The van der Waals surface area contributed by atoms with E-state index < -0.39 is 35.9 Å². The van der Waals surface area contributed by atoms with Gasteiger partial charge in [0.25, 0.3) is 0 Å². The van der Waals surface area contributed by atoms with E-state index in [1.165, 1.54) is 24.3 Å². The number of aromatic hydroxyl groups is 2. The Morgan fingerprint density at radius 2 is 2.08 bits per heavy atom. The van der Waals surface area contributed by atoms with Crippen LogP contribution in [0.4, 0.5) is 0 Å². The summed E-state index contributed by atoms with van der Waals surface area (Å²) in [6, 6.07) is 3.95. The number of hydrogen-bond donors (Lipinski definition) is 4. The maximum atomic E-state index is 11.9. The van der Waals surface area contributed by atoms with Crippen LogP contribution in [0.15, 0.2) is 24.3 Å². The molecular formula is C16H16O8. The van der Waals surface area contributed by atoms with Gasteiger partial charge in [-0.25, -0.2) is 9.59 Å². The van der Waals surface area contributed by atoms with E-state index in [-0.39, 0.29) is 24.3 Å². The largest absolute Gasteiger partial charge is 0.504 e. The Hall–Kier alpha value is -2.58. The molecular weight excluding hydrogens is 320 g/mol. The first-order valence-corrected chi connectivity index (χ1v) is 7.32. The Bertz CT molecular complexity index is 712. The van der Waals surface area contributed by atoms with E-state index in [1.807, 2.05) is 0 Å². The highest BCUT2D eigenvalue weighted by atomic mass is 16.6. The monoisotopic (exact) mass is 336 g/mol. The fourth-order valence-electron chi connectivity index (χ4n) is 2.95. The van der Waals surface area contributed by atoms with Crippen LogP contribution in [0.25, 0.3) is 6.08 Å². The lowest BCUT2D eigenvalue weighted by Crippen LogP contribution is -2.56. The van der Waals surface area contributed by atoms with Crippen molar-refractivity contribution in [2.75, 3.05) is 0 Å². The number of phenolic OH excluding ortho intramolecular Hbond substituents is 2. The Morgan fingerprint density at radius 1 is 1.33 bits per heavy atom. The summed E-state index contributed by atoms with van der Waals surface area (Å²) in [5.74, 6) is -2.42. The second kappa shape index (κ2) is 5.81. The maximum Gasteiger partial charge on any atom is 0.342 e. The molecule has 128 valence electrons. The summed E-state index contributed by atoms with van der Waals surface area (Å²) in [6.45, 7) is 0. The van der Waals surface area contributed by atoms with Gasteiger partial charge in [-0.05, 0) is 23.8 Å². The summed E-state index contributed by atoms with van der Waals surface area (Å²) in [7, 11) is 0. The lowest BCUT2D eigenvalue weighted by molar-refractivity contribution is -0.185. The van der Waals surface area contributed by atoms with E-state index >= 15 is 0 Å². The van der Waals surface area contributed by atoms with Gasteiger partial charge in [0.15, 0.2) is 17.6 Å². The van der Waals surface area contributed by atoms with Gasteiger partial charge < -0.3 is 29.9 Å². The zero-order chi connectivity index (χ0) is 17.5. The van der Waals surface area contributed by atoms with Gasteiger partial charge in [-0.15, -0.1) is 0 Å². The number of rotatable bonds is 3. The molecule has 2 bridgehead atoms. The molecule has 1 aromatic rings. The first-order valence-electron chi connectivity index (χ1n) is 7.32. The van der Waals surface area contributed by atoms with E-state index in [2.05, 4.69) is 0 Å². The molecule has 4 N–H and O–H groups in total. The number of aliphatic hydroxyl groups is 2. The number of carbonyl (C=O) groups excluding carboxylic acids is 2. The molecule has 8 heteroatoms. The number of aliphatic hydroxyl groups excluding tert-OH is 1. The summed E-state index contributed by atoms with van der Waals surface area (Å²) in [4.78, 5) is 23.6. The van der Waals surface area contributed by atoms with Crippen molar-refractivity contribution < 1.29 is 39.5 Å². The van der Waals surface area contributed by atoms with Crippen molar-refractivity contribution in [3.8, 4) is 11.5 Å². The highest BCUT2D eigenvalue weighted by molar-refractivity contribution is 5.89. The fourth-order valence-corrected chi connectivity index (χ4v) is 2.95. The average Bonchev–Trinajstić information content (AvgIpc) is 2.76. The molecule has 4 atom stereocenters. The van der Waals surface area contributed by atoms with Gasteiger partial charge in [0.1, 0.15) is 6.10 Å². The van der Waals surface area contributed by atoms with E-state index in [4.69, 9.17) is 9.47 Å². The zero-order valence-electron chi connectivity index (χ0n) is 12.5. The lowest BCUT2D eigenvalue weighted by Gasteiger charge is -2.34. The average molecular weight is 336 g/mol. The van der Waals surface area contributed by atoms with E-state index in [1.54, 1.807) is 0 Å². The van der Waals surface area contributed by atoms with Crippen LogP contribution in [-0.4, -0.2) is 56.3 Å². The van der Waals surface area contributed by atoms with Gasteiger partial charge in [-0.1, -0.05) is 6.07 Å². The molecule has 1 aromatic carbocycles. The summed E-state index contributed by atoms with van der Waals surface area (Å²) >= 11 is 0. The van der Waals surface area contributed by atoms with Crippen LogP contribution < -0.4 is 0 Å². The third kappa shape index (κ3) is 2.81. The molecule has 2 fully saturated rings. The molecule has 1 saturated carbocycles. The molecule has 3 rings (SSSR count). The molecule has 0 amide bonds. The summed E-state index contributed by atoms with van der Waals surface area (Å²) in [5, 5.41) is 38.9. The van der Waals surface area contributed by atoms with E-state index in [0.717, 1.165) is 6.08 Å². The minimum absolute atomic E-state index is 0.0314. The summed E-state index contributed by atoms with van der Waals surface area (Å²) in [6.07, 6.45) is -0.810. The van der Waals surface area contributed by atoms with Crippen molar-refractivity contribution in [3.05, 3.63) is 29.8 Å². The first kappa shape index (κ1) is 16.3. The predicted octanol–water partition coefficient (Wildman–Crippen LogP) is -0.166.